The van der Waals surface area contributed by atoms with Crippen LogP contribution in [0.3, 0.4) is 0 Å². The number of likely N-dealkylation sites (tertiary alicyclic amines) is 1. The Morgan fingerprint density at radius 2 is 2.07 bits per heavy atom. The zero-order valence-electron chi connectivity index (χ0n) is 16.8. The maximum Gasteiger partial charge on any atom is 0.164 e. The van der Waals surface area contributed by atoms with Crippen LogP contribution in [0.5, 0.6) is 5.75 Å². The van der Waals surface area contributed by atoms with Crippen molar-refractivity contribution in [1.29, 1.82) is 0 Å². The van der Waals surface area contributed by atoms with Gasteiger partial charge in [-0.1, -0.05) is 35.9 Å². The van der Waals surface area contributed by atoms with E-state index in [0.29, 0.717) is 12.3 Å². The van der Waals surface area contributed by atoms with Gasteiger partial charge >= 0.3 is 0 Å². The first-order valence-corrected chi connectivity index (χ1v) is 11.9. The van der Waals surface area contributed by atoms with Gasteiger partial charge in [-0.15, -0.1) is 11.8 Å². The number of carbonyl (C=O) groups is 1. The smallest absolute Gasteiger partial charge is 0.164 e. The zero-order chi connectivity index (χ0) is 20.5. The molecule has 1 fully saturated rings. The summed E-state index contributed by atoms with van der Waals surface area (Å²) in [6, 6.07) is 18.4. The predicted octanol–water partition coefficient (Wildman–Crippen LogP) is 6.04. The number of benzene rings is 3. The Kier molecular flexibility index (Phi) is 5.72. The van der Waals surface area contributed by atoms with E-state index < -0.39 is 0 Å². The summed E-state index contributed by atoms with van der Waals surface area (Å²) < 4.78 is 5.75. The molecule has 154 valence electrons. The van der Waals surface area contributed by atoms with Crippen molar-refractivity contribution in [3.63, 3.8) is 0 Å². The first-order valence-electron chi connectivity index (χ1n) is 10.5. The lowest BCUT2D eigenvalue weighted by atomic mass is 9.99. The highest BCUT2D eigenvalue weighted by atomic mass is 35.5. The maximum absolute atomic E-state index is 12.9. The SMILES string of the molecule is O=C(CCN1CCC(c2cccc(Cl)c2)C1)c1ccc2cc3c(cc2c1)SCCO3. The Bertz CT molecular complexity index is 1100. The summed E-state index contributed by atoms with van der Waals surface area (Å²) in [5, 5.41) is 3.03. The largest absolute Gasteiger partial charge is 0.492 e. The van der Waals surface area contributed by atoms with Crippen molar-refractivity contribution < 1.29 is 9.53 Å². The third-order valence-corrected chi connectivity index (χ3v) is 7.31. The van der Waals surface area contributed by atoms with Crippen LogP contribution >= 0.6 is 23.4 Å². The molecule has 5 rings (SSSR count). The molecule has 1 unspecified atom stereocenters. The van der Waals surface area contributed by atoms with Crippen molar-refractivity contribution >= 4 is 39.9 Å². The molecule has 0 radical (unpaired) electrons. The Hall–Kier alpha value is -2.01. The molecule has 5 heteroatoms. The van der Waals surface area contributed by atoms with Crippen molar-refractivity contribution in [2.24, 2.45) is 0 Å². The van der Waals surface area contributed by atoms with E-state index in [0.717, 1.165) is 65.5 Å². The van der Waals surface area contributed by atoms with Gasteiger partial charge in [-0.2, -0.15) is 0 Å². The van der Waals surface area contributed by atoms with E-state index in [1.807, 2.05) is 42.1 Å². The molecule has 3 aromatic carbocycles. The van der Waals surface area contributed by atoms with Gasteiger partial charge in [0.25, 0.3) is 0 Å². The van der Waals surface area contributed by atoms with Crippen LogP contribution in [-0.2, 0) is 0 Å². The quantitative estimate of drug-likeness (QED) is 0.455. The lowest BCUT2D eigenvalue weighted by molar-refractivity contribution is 0.0969. The molecule has 30 heavy (non-hydrogen) atoms. The van der Waals surface area contributed by atoms with Crippen LogP contribution in [0.4, 0.5) is 0 Å². The second-order valence-corrected chi connectivity index (χ2v) is 9.65. The number of ether oxygens (including phenoxy) is 1. The minimum Gasteiger partial charge on any atom is -0.492 e. The zero-order valence-corrected chi connectivity index (χ0v) is 18.3. The van der Waals surface area contributed by atoms with E-state index in [2.05, 4.69) is 29.2 Å². The van der Waals surface area contributed by atoms with Crippen molar-refractivity contribution in [3.05, 3.63) is 70.7 Å². The highest BCUT2D eigenvalue weighted by Gasteiger charge is 2.24. The Morgan fingerprint density at radius 1 is 1.13 bits per heavy atom. The number of halogens is 1. The Labute approximate surface area is 186 Å². The monoisotopic (exact) mass is 437 g/mol. The Balaban J connectivity index is 1.23. The fraction of sp³-hybridized carbons (Fsp3) is 0.320. The van der Waals surface area contributed by atoms with Gasteiger partial charge in [0.2, 0.25) is 0 Å². The van der Waals surface area contributed by atoms with Crippen molar-refractivity contribution in [3.8, 4) is 5.75 Å². The highest BCUT2D eigenvalue weighted by molar-refractivity contribution is 7.99. The van der Waals surface area contributed by atoms with Crippen LogP contribution in [0.1, 0.15) is 34.7 Å². The molecule has 0 aromatic heterocycles. The summed E-state index contributed by atoms with van der Waals surface area (Å²) in [6.45, 7) is 3.59. The molecule has 2 heterocycles. The van der Waals surface area contributed by atoms with E-state index in [-0.39, 0.29) is 5.78 Å². The molecule has 0 spiro atoms. The number of Topliss-reactive ketones (excluding diaryl/α,β-unsaturated/α-hetero) is 1. The summed E-state index contributed by atoms with van der Waals surface area (Å²) in [5.74, 6) is 2.65. The number of ketones is 1. The lowest BCUT2D eigenvalue weighted by Crippen LogP contribution is -2.23. The van der Waals surface area contributed by atoms with Crippen molar-refractivity contribution in [2.45, 2.75) is 23.7 Å². The van der Waals surface area contributed by atoms with Gasteiger partial charge in [-0.3, -0.25) is 4.79 Å². The number of nitrogens with zero attached hydrogens (tertiary/aromatic N) is 1. The minimum atomic E-state index is 0.213. The number of thioether (sulfide) groups is 1. The van der Waals surface area contributed by atoms with Crippen LogP contribution in [-0.4, -0.2) is 42.7 Å². The number of hydrogen-bond acceptors (Lipinski definition) is 4. The fourth-order valence-electron chi connectivity index (χ4n) is 4.43. The van der Waals surface area contributed by atoms with Gasteiger partial charge in [0, 0.05) is 35.8 Å². The molecule has 0 bridgehead atoms. The summed E-state index contributed by atoms with van der Waals surface area (Å²) >= 11 is 7.96. The molecule has 0 N–H and O–H groups in total. The first-order chi connectivity index (χ1) is 14.7. The van der Waals surface area contributed by atoms with Crippen LogP contribution in [0, 0.1) is 0 Å². The summed E-state index contributed by atoms with van der Waals surface area (Å²) in [6.07, 6.45) is 1.67. The van der Waals surface area contributed by atoms with Crippen LogP contribution in [0.25, 0.3) is 10.8 Å². The average molecular weight is 438 g/mol. The Morgan fingerprint density at radius 3 is 2.97 bits per heavy atom. The van der Waals surface area contributed by atoms with Gasteiger partial charge in [0.05, 0.1) is 11.5 Å². The van der Waals surface area contributed by atoms with Crippen LogP contribution in [0.15, 0.2) is 59.5 Å². The van der Waals surface area contributed by atoms with Gasteiger partial charge in [0.1, 0.15) is 5.75 Å². The molecule has 0 amide bonds. The minimum absolute atomic E-state index is 0.213. The summed E-state index contributed by atoms with van der Waals surface area (Å²) in [4.78, 5) is 16.4. The van der Waals surface area contributed by atoms with Gasteiger partial charge in [-0.25, -0.2) is 0 Å². The molecule has 1 atom stereocenters. The molecular formula is C25H24ClNO2S. The second kappa shape index (κ2) is 8.62. The van der Waals surface area contributed by atoms with E-state index >= 15 is 0 Å². The third-order valence-electron chi connectivity index (χ3n) is 6.07. The van der Waals surface area contributed by atoms with Crippen molar-refractivity contribution in [2.75, 3.05) is 32.0 Å². The summed E-state index contributed by atoms with van der Waals surface area (Å²) in [5.41, 5.74) is 2.10. The first kappa shape index (κ1) is 19.9. The van der Waals surface area contributed by atoms with E-state index in [4.69, 9.17) is 16.3 Å². The van der Waals surface area contributed by atoms with Gasteiger partial charge in [0.15, 0.2) is 5.78 Å². The number of rotatable bonds is 5. The molecule has 2 aliphatic rings. The highest BCUT2D eigenvalue weighted by Crippen LogP contribution is 2.37. The van der Waals surface area contributed by atoms with Gasteiger partial charge in [-0.05, 0) is 65.6 Å². The van der Waals surface area contributed by atoms with E-state index in [1.54, 1.807) is 0 Å². The number of fused-ring (bicyclic) bond motifs is 2. The molecular weight excluding hydrogens is 414 g/mol. The number of hydrogen-bond donors (Lipinski definition) is 0. The standard InChI is InChI=1S/C25H24ClNO2S/c26-22-3-1-2-17(13-22)20-6-8-27(16-20)9-7-23(28)19-5-4-18-14-24-25(15-21(18)12-19)30-11-10-29-24/h1-5,12-15,20H,6-11,16H2. The predicted molar refractivity (Wildman–Crippen MR) is 124 cm³/mol. The lowest BCUT2D eigenvalue weighted by Gasteiger charge is -2.18. The van der Waals surface area contributed by atoms with Crippen LogP contribution in [0.2, 0.25) is 5.02 Å². The third kappa shape index (κ3) is 4.22. The molecule has 3 aromatic rings. The molecule has 2 aliphatic heterocycles. The molecule has 3 nitrogen and oxygen atoms in total. The maximum atomic E-state index is 12.9. The molecule has 1 saturated heterocycles. The van der Waals surface area contributed by atoms with E-state index in [9.17, 15) is 4.79 Å². The average Bonchev–Trinajstić information content (AvgIpc) is 3.25. The van der Waals surface area contributed by atoms with Crippen LogP contribution < -0.4 is 4.74 Å². The second-order valence-electron chi connectivity index (χ2n) is 8.07. The number of carbonyl (C=O) groups excluding carboxylic acids is 1. The van der Waals surface area contributed by atoms with Gasteiger partial charge < -0.3 is 9.64 Å². The molecule has 0 saturated carbocycles. The van der Waals surface area contributed by atoms with E-state index in [1.165, 1.54) is 10.5 Å². The fourth-order valence-corrected chi connectivity index (χ4v) is 5.49. The normalized spacial score (nSPS) is 18.9. The summed E-state index contributed by atoms with van der Waals surface area (Å²) in [7, 11) is 0. The molecule has 0 aliphatic carbocycles. The topological polar surface area (TPSA) is 29.5 Å². The van der Waals surface area contributed by atoms with Crippen molar-refractivity contribution in [1.82, 2.24) is 4.90 Å².